The van der Waals surface area contributed by atoms with Gasteiger partial charge in [-0.2, -0.15) is 0 Å². The van der Waals surface area contributed by atoms with E-state index in [2.05, 4.69) is 33.8 Å². The van der Waals surface area contributed by atoms with Gasteiger partial charge in [-0.25, -0.2) is 9.97 Å². The van der Waals surface area contributed by atoms with Gasteiger partial charge < -0.3 is 14.9 Å². The molecule has 0 fully saturated rings. The predicted molar refractivity (Wildman–Crippen MR) is 90.1 cm³/mol. The van der Waals surface area contributed by atoms with Crippen molar-refractivity contribution in [1.82, 2.24) is 24.8 Å². The van der Waals surface area contributed by atoms with Gasteiger partial charge in [0.1, 0.15) is 17.7 Å². The van der Waals surface area contributed by atoms with Crippen LogP contribution in [0.4, 0.5) is 0 Å². The zero-order valence-electron chi connectivity index (χ0n) is 13.6. The second kappa shape index (κ2) is 6.24. The lowest BCUT2D eigenvalue weighted by Crippen LogP contribution is -2.34. The standard InChI is InChI=1S/C17H21N5O/c1-4-22(9-11(2)3)17(23)14-7-12(8-19-14)15-13-5-6-18-16(13)21-10-20-15/h5-8,10-11,19H,4,9H2,1-3H3,(H,18,20,21). The van der Waals surface area contributed by atoms with E-state index in [-0.39, 0.29) is 5.91 Å². The molecule has 0 aliphatic heterocycles. The van der Waals surface area contributed by atoms with E-state index in [1.807, 2.05) is 36.4 Å². The van der Waals surface area contributed by atoms with Gasteiger partial charge in [-0.1, -0.05) is 13.8 Å². The first-order chi connectivity index (χ1) is 11.1. The molecule has 3 aromatic heterocycles. The fraction of sp³-hybridized carbons (Fsp3) is 0.353. The SMILES string of the molecule is CCN(CC(C)C)C(=O)c1cc(-c2ncnc3[nH]ccc23)c[nH]1. The van der Waals surface area contributed by atoms with E-state index < -0.39 is 0 Å². The second-order valence-electron chi connectivity index (χ2n) is 6.00. The Bertz CT molecular complexity index is 817. The monoisotopic (exact) mass is 311 g/mol. The number of hydrogen-bond acceptors (Lipinski definition) is 3. The summed E-state index contributed by atoms with van der Waals surface area (Å²) in [5, 5.41) is 0.944. The van der Waals surface area contributed by atoms with Crippen LogP contribution in [0.15, 0.2) is 30.9 Å². The maximum Gasteiger partial charge on any atom is 0.270 e. The lowest BCUT2D eigenvalue weighted by atomic mass is 10.1. The van der Waals surface area contributed by atoms with E-state index >= 15 is 0 Å². The molecule has 0 atom stereocenters. The number of H-pyrrole nitrogens is 2. The van der Waals surface area contributed by atoms with Crippen LogP contribution in [0.1, 0.15) is 31.3 Å². The summed E-state index contributed by atoms with van der Waals surface area (Å²) in [6.07, 6.45) is 5.19. The molecule has 2 N–H and O–H groups in total. The van der Waals surface area contributed by atoms with Crippen molar-refractivity contribution in [3.8, 4) is 11.3 Å². The van der Waals surface area contributed by atoms with Gasteiger partial charge in [0, 0.05) is 36.4 Å². The summed E-state index contributed by atoms with van der Waals surface area (Å²) in [5.74, 6) is 0.460. The van der Waals surface area contributed by atoms with Crippen molar-refractivity contribution in [1.29, 1.82) is 0 Å². The fourth-order valence-corrected chi connectivity index (χ4v) is 2.72. The smallest absolute Gasteiger partial charge is 0.270 e. The van der Waals surface area contributed by atoms with E-state index in [1.54, 1.807) is 0 Å². The van der Waals surface area contributed by atoms with Crippen LogP contribution in [-0.2, 0) is 0 Å². The number of nitrogens with zero attached hydrogens (tertiary/aromatic N) is 3. The lowest BCUT2D eigenvalue weighted by Gasteiger charge is -2.22. The van der Waals surface area contributed by atoms with Crippen LogP contribution in [-0.4, -0.2) is 43.8 Å². The third kappa shape index (κ3) is 2.97. The zero-order chi connectivity index (χ0) is 16.4. The molecule has 0 aliphatic carbocycles. The minimum atomic E-state index is 0.0202. The molecular weight excluding hydrogens is 290 g/mol. The Labute approximate surface area is 135 Å². The van der Waals surface area contributed by atoms with Gasteiger partial charge in [-0.15, -0.1) is 0 Å². The third-order valence-corrected chi connectivity index (χ3v) is 3.80. The Morgan fingerprint density at radius 3 is 2.87 bits per heavy atom. The van der Waals surface area contributed by atoms with E-state index in [0.717, 1.165) is 28.8 Å². The highest BCUT2D eigenvalue weighted by Crippen LogP contribution is 2.25. The lowest BCUT2D eigenvalue weighted by molar-refractivity contribution is 0.0740. The van der Waals surface area contributed by atoms with Gasteiger partial charge in [0.25, 0.3) is 5.91 Å². The van der Waals surface area contributed by atoms with Crippen molar-refractivity contribution in [3.63, 3.8) is 0 Å². The predicted octanol–water partition coefficient (Wildman–Crippen LogP) is 3.07. The Morgan fingerprint density at radius 2 is 2.13 bits per heavy atom. The van der Waals surface area contributed by atoms with Crippen molar-refractivity contribution in [2.45, 2.75) is 20.8 Å². The molecule has 3 heterocycles. The normalized spacial score (nSPS) is 11.3. The third-order valence-electron chi connectivity index (χ3n) is 3.80. The average molecular weight is 311 g/mol. The summed E-state index contributed by atoms with van der Waals surface area (Å²) >= 11 is 0. The van der Waals surface area contributed by atoms with Gasteiger partial charge in [0.15, 0.2) is 0 Å². The van der Waals surface area contributed by atoms with Crippen molar-refractivity contribution in [2.75, 3.05) is 13.1 Å². The van der Waals surface area contributed by atoms with Crippen molar-refractivity contribution < 1.29 is 4.79 Å². The Kier molecular flexibility index (Phi) is 4.14. The Hall–Kier alpha value is -2.63. The number of rotatable bonds is 5. The van der Waals surface area contributed by atoms with E-state index in [0.29, 0.717) is 18.2 Å². The number of fused-ring (bicyclic) bond motifs is 1. The summed E-state index contributed by atoms with van der Waals surface area (Å²) < 4.78 is 0. The van der Waals surface area contributed by atoms with Crippen molar-refractivity contribution in [2.24, 2.45) is 5.92 Å². The van der Waals surface area contributed by atoms with Crippen LogP contribution in [0.2, 0.25) is 0 Å². The summed E-state index contributed by atoms with van der Waals surface area (Å²) in [6, 6.07) is 3.80. The molecule has 6 nitrogen and oxygen atoms in total. The molecule has 3 rings (SSSR count). The van der Waals surface area contributed by atoms with Crippen molar-refractivity contribution >= 4 is 16.9 Å². The maximum absolute atomic E-state index is 12.6. The highest BCUT2D eigenvalue weighted by Gasteiger charge is 2.18. The molecule has 0 spiro atoms. The number of aromatic amines is 2. The van der Waals surface area contributed by atoms with Crippen LogP contribution in [0.5, 0.6) is 0 Å². The molecule has 120 valence electrons. The number of amides is 1. The number of carbonyl (C=O) groups excluding carboxylic acids is 1. The van der Waals surface area contributed by atoms with Crippen LogP contribution in [0.25, 0.3) is 22.3 Å². The quantitative estimate of drug-likeness (QED) is 0.760. The topological polar surface area (TPSA) is 77.7 Å². The molecule has 0 aromatic carbocycles. The van der Waals surface area contributed by atoms with Gasteiger partial charge in [-0.3, -0.25) is 4.79 Å². The number of carbonyl (C=O) groups is 1. The van der Waals surface area contributed by atoms with Gasteiger partial charge in [-0.05, 0) is 25.0 Å². The molecule has 0 saturated carbocycles. The highest BCUT2D eigenvalue weighted by atomic mass is 16.2. The number of nitrogens with one attached hydrogen (secondary N) is 2. The van der Waals surface area contributed by atoms with Crippen LogP contribution in [0, 0.1) is 5.92 Å². The first-order valence-electron chi connectivity index (χ1n) is 7.86. The highest BCUT2D eigenvalue weighted by molar-refractivity contribution is 5.96. The molecule has 0 radical (unpaired) electrons. The van der Waals surface area contributed by atoms with Crippen LogP contribution < -0.4 is 0 Å². The van der Waals surface area contributed by atoms with Gasteiger partial charge >= 0.3 is 0 Å². The minimum Gasteiger partial charge on any atom is -0.357 e. The minimum absolute atomic E-state index is 0.0202. The maximum atomic E-state index is 12.6. The molecular formula is C17H21N5O. The molecule has 0 unspecified atom stereocenters. The molecule has 0 bridgehead atoms. The Balaban J connectivity index is 1.91. The Morgan fingerprint density at radius 1 is 1.30 bits per heavy atom. The molecule has 6 heteroatoms. The second-order valence-corrected chi connectivity index (χ2v) is 6.00. The summed E-state index contributed by atoms with van der Waals surface area (Å²) in [4.78, 5) is 29.2. The summed E-state index contributed by atoms with van der Waals surface area (Å²) in [6.45, 7) is 7.66. The molecule has 1 amide bonds. The van der Waals surface area contributed by atoms with Crippen LogP contribution >= 0.6 is 0 Å². The van der Waals surface area contributed by atoms with Crippen LogP contribution in [0.3, 0.4) is 0 Å². The van der Waals surface area contributed by atoms with Crippen molar-refractivity contribution in [3.05, 3.63) is 36.5 Å². The number of aromatic nitrogens is 4. The molecule has 3 aromatic rings. The first-order valence-corrected chi connectivity index (χ1v) is 7.86. The summed E-state index contributed by atoms with van der Waals surface area (Å²) in [7, 11) is 0. The first kappa shape index (κ1) is 15.3. The zero-order valence-corrected chi connectivity index (χ0v) is 13.6. The molecule has 0 aliphatic rings. The molecule has 23 heavy (non-hydrogen) atoms. The van der Waals surface area contributed by atoms with E-state index in [4.69, 9.17) is 0 Å². The summed E-state index contributed by atoms with van der Waals surface area (Å²) in [5.41, 5.74) is 3.09. The van der Waals surface area contributed by atoms with Gasteiger partial charge in [0.2, 0.25) is 0 Å². The fourth-order valence-electron chi connectivity index (χ4n) is 2.72. The van der Waals surface area contributed by atoms with E-state index in [1.165, 1.54) is 6.33 Å². The molecule has 0 saturated heterocycles. The number of hydrogen-bond donors (Lipinski definition) is 2. The van der Waals surface area contributed by atoms with E-state index in [9.17, 15) is 4.79 Å². The van der Waals surface area contributed by atoms with Gasteiger partial charge in [0.05, 0.1) is 5.69 Å². The average Bonchev–Trinajstić information content (AvgIpc) is 3.20. The largest absolute Gasteiger partial charge is 0.357 e.